The van der Waals surface area contributed by atoms with Gasteiger partial charge in [-0.2, -0.15) is 0 Å². The third-order valence-electron chi connectivity index (χ3n) is 0.538. The average molecular weight is 244 g/mol. The Labute approximate surface area is 63.8 Å². The molecule has 46 valence electrons. The minimum Gasteiger partial charge on any atom is -0.478 e. The highest BCUT2D eigenvalue weighted by Crippen LogP contribution is 2.16. The fraction of sp³-hybridized carbons (Fsp3) is 0.250. The van der Waals surface area contributed by atoms with Crippen LogP contribution in [-0.2, 0) is 4.79 Å². The van der Waals surface area contributed by atoms with Gasteiger partial charge in [0.1, 0.15) is 3.74 Å². The molecule has 0 aromatic heterocycles. The summed E-state index contributed by atoms with van der Waals surface area (Å²) in [6, 6.07) is 0. The van der Waals surface area contributed by atoms with E-state index in [9.17, 15) is 4.79 Å². The van der Waals surface area contributed by atoms with E-state index in [-0.39, 0.29) is 9.31 Å². The predicted molar refractivity (Wildman–Crippen MR) is 38.4 cm³/mol. The Bertz CT molecular complexity index is 119. The number of halogens is 2. The van der Waals surface area contributed by atoms with Crippen molar-refractivity contribution in [1.82, 2.24) is 0 Å². The Morgan fingerprint density at radius 1 is 1.62 bits per heavy atom. The van der Waals surface area contributed by atoms with Crippen molar-refractivity contribution in [3.8, 4) is 0 Å². The monoisotopic (exact) mass is 242 g/mol. The van der Waals surface area contributed by atoms with Crippen LogP contribution in [0.3, 0.4) is 0 Å². The highest BCUT2D eigenvalue weighted by molar-refractivity contribution is 9.24. The Morgan fingerprint density at radius 3 is 2.00 bits per heavy atom. The number of hydrogen-bond acceptors (Lipinski definition) is 1. The first-order valence-corrected chi connectivity index (χ1v) is 3.59. The molecule has 0 rings (SSSR count). The maximum atomic E-state index is 9.98. The van der Waals surface area contributed by atoms with E-state index in [0.717, 1.165) is 0 Å². The molecule has 0 bridgehead atoms. The molecule has 0 aromatic carbocycles. The van der Waals surface area contributed by atoms with Gasteiger partial charge in [0.2, 0.25) is 0 Å². The number of carboxylic acids is 1. The SMILES string of the molecule is C=C(C(=O)O)C(Br)Br. The highest BCUT2D eigenvalue weighted by Gasteiger charge is 2.09. The van der Waals surface area contributed by atoms with E-state index in [1.54, 1.807) is 0 Å². The zero-order chi connectivity index (χ0) is 6.73. The fourth-order valence-corrected chi connectivity index (χ4v) is 0.485. The molecule has 0 saturated carbocycles. The molecule has 0 unspecified atom stereocenters. The molecule has 0 heterocycles. The molecule has 0 aromatic rings. The topological polar surface area (TPSA) is 37.3 Å². The number of hydrogen-bond donors (Lipinski definition) is 1. The molecule has 0 aliphatic heterocycles. The second kappa shape index (κ2) is 3.25. The summed E-state index contributed by atoms with van der Waals surface area (Å²) >= 11 is 5.95. The Balaban J connectivity index is 3.84. The van der Waals surface area contributed by atoms with Gasteiger partial charge in [-0.15, -0.1) is 0 Å². The summed E-state index contributed by atoms with van der Waals surface area (Å²) in [4.78, 5) is 9.98. The lowest BCUT2D eigenvalue weighted by Gasteiger charge is -1.96. The molecule has 0 aliphatic rings. The first-order chi connectivity index (χ1) is 3.55. The summed E-state index contributed by atoms with van der Waals surface area (Å²) < 4.78 is -0.326. The zero-order valence-corrected chi connectivity index (χ0v) is 7.07. The van der Waals surface area contributed by atoms with Crippen molar-refractivity contribution in [2.75, 3.05) is 0 Å². The smallest absolute Gasteiger partial charge is 0.332 e. The van der Waals surface area contributed by atoms with Crippen LogP contribution in [0.4, 0.5) is 0 Å². The Kier molecular flexibility index (Phi) is 3.31. The van der Waals surface area contributed by atoms with E-state index in [1.165, 1.54) is 0 Å². The summed E-state index contributed by atoms with van der Waals surface area (Å²) in [6.45, 7) is 3.26. The maximum absolute atomic E-state index is 9.98. The molecular weight excluding hydrogens is 240 g/mol. The highest BCUT2D eigenvalue weighted by atomic mass is 79.9. The molecule has 1 N–H and O–H groups in total. The molecule has 0 fully saturated rings. The molecule has 2 nitrogen and oxygen atoms in total. The molecule has 0 radical (unpaired) electrons. The van der Waals surface area contributed by atoms with Crippen LogP contribution >= 0.6 is 31.9 Å². The number of carbonyl (C=O) groups is 1. The summed E-state index contributed by atoms with van der Waals surface area (Å²) in [5.41, 5.74) is 0.102. The third-order valence-corrected chi connectivity index (χ3v) is 1.64. The molecule has 0 aliphatic carbocycles. The minimum atomic E-state index is -0.997. The van der Waals surface area contributed by atoms with Crippen LogP contribution in [0.2, 0.25) is 0 Å². The van der Waals surface area contributed by atoms with Crippen molar-refractivity contribution in [2.24, 2.45) is 0 Å². The van der Waals surface area contributed by atoms with Gasteiger partial charge in [0, 0.05) is 0 Å². The summed E-state index contributed by atoms with van der Waals surface area (Å²) in [7, 11) is 0. The van der Waals surface area contributed by atoms with Crippen LogP contribution in [0.15, 0.2) is 12.2 Å². The van der Waals surface area contributed by atoms with Gasteiger partial charge in [0.25, 0.3) is 0 Å². The van der Waals surface area contributed by atoms with Gasteiger partial charge in [-0.3, -0.25) is 0 Å². The van der Waals surface area contributed by atoms with Gasteiger partial charge in [-0.25, -0.2) is 4.79 Å². The van der Waals surface area contributed by atoms with Crippen LogP contribution in [0, 0.1) is 0 Å². The number of rotatable bonds is 2. The number of aliphatic carboxylic acids is 1. The molecule has 0 saturated heterocycles. The standard InChI is InChI=1S/C4H4Br2O2/c1-2(3(5)6)4(7)8/h3H,1H2,(H,7,8). The van der Waals surface area contributed by atoms with Gasteiger partial charge < -0.3 is 5.11 Å². The van der Waals surface area contributed by atoms with Gasteiger partial charge in [0.05, 0.1) is 5.57 Å². The zero-order valence-electron chi connectivity index (χ0n) is 3.90. The van der Waals surface area contributed by atoms with Gasteiger partial charge in [-0.1, -0.05) is 38.4 Å². The third kappa shape index (κ3) is 2.47. The summed E-state index contributed by atoms with van der Waals surface area (Å²) in [5, 5.41) is 8.19. The van der Waals surface area contributed by atoms with Crippen molar-refractivity contribution in [1.29, 1.82) is 0 Å². The second-order valence-corrected chi connectivity index (χ2v) is 4.19. The van der Waals surface area contributed by atoms with Gasteiger partial charge >= 0.3 is 5.97 Å². The van der Waals surface area contributed by atoms with Crippen LogP contribution in [0.5, 0.6) is 0 Å². The van der Waals surface area contributed by atoms with Crippen LogP contribution in [0.1, 0.15) is 0 Å². The second-order valence-electron chi connectivity index (χ2n) is 1.13. The Hall–Kier alpha value is 0.170. The Morgan fingerprint density at radius 2 is 2.00 bits per heavy atom. The van der Waals surface area contributed by atoms with Crippen molar-refractivity contribution in [3.05, 3.63) is 12.2 Å². The minimum absolute atomic E-state index is 0.102. The lowest BCUT2D eigenvalue weighted by Crippen LogP contribution is -2.04. The van der Waals surface area contributed by atoms with Gasteiger partial charge in [0.15, 0.2) is 0 Å². The normalized spacial score (nSPS) is 9.38. The molecule has 0 atom stereocenters. The number of alkyl halides is 2. The quantitative estimate of drug-likeness (QED) is 0.593. The van der Waals surface area contributed by atoms with E-state index in [2.05, 4.69) is 38.4 Å². The average Bonchev–Trinajstić information content (AvgIpc) is 1.64. The van der Waals surface area contributed by atoms with Crippen molar-refractivity contribution in [2.45, 2.75) is 3.74 Å². The lowest BCUT2D eigenvalue weighted by molar-refractivity contribution is -0.132. The number of carboxylic acid groups (broad SMARTS) is 1. The molecule has 8 heavy (non-hydrogen) atoms. The first-order valence-electron chi connectivity index (χ1n) is 1.76. The van der Waals surface area contributed by atoms with E-state index in [4.69, 9.17) is 5.11 Å². The van der Waals surface area contributed by atoms with E-state index in [0.29, 0.717) is 0 Å². The van der Waals surface area contributed by atoms with Gasteiger partial charge in [-0.05, 0) is 0 Å². The summed E-state index contributed by atoms with van der Waals surface area (Å²) in [6.07, 6.45) is 0. The summed E-state index contributed by atoms with van der Waals surface area (Å²) in [5.74, 6) is -0.997. The van der Waals surface area contributed by atoms with Crippen LogP contribution in [-0.4, -0.2) is 14.8 Å². The molecular formula is C4H4Br2O2. The largest absolute Gasteiger partial charge is 0.478 e. The lowest BCUT2D eigenvalue weighted by atomic mass is 10.4. The maximum Gasteiger partial charge on any atom is 0.332 e. The first kappa shape index (κ1) is 8.17. The van der Waals surface area contributed by atoms with Crippen molar-refractivity contribution >= 4 is 37.8 Å². The van der Waals surface area contributed by atoms with E-state index < -0.39 is 5.97 Å². The molecule has 0 amide bonds. The van der Waals surface area contributed by atoms with Crippen LogP contribution < -0.4 is 0 Å². The van der Waals surface area contributed by atoms with Crippen LogP contribution in [0.25, 0.3) is 0 Å². The van der Waals surface area contributed by atoms with E-state index in [1.807, 2.05) is 0 Å². The fourth-order valence-electron chi connectivity index (χ4n) is 0.0933. The molecule has 0 spiro atoms. The van der Waals surface area contributed by atoms with Crippen molar-refractivity contribution in [3.63, 3.8) is 0 Å². The van der Waals surface area contributed by atoms with E-state index >= 15 is 0 Å². The van der Waals surface area contributed by atoms with Crippen molar-refractivity contribution < 1.29 is 9.90 Å². The molecule has 4 heteroatoms. The predicted octanol–water partition coefficient (Wildman–Crippen LogP) is 1.74.